The van der Waals surface area contributed by atoms with Gasteiger partial charge in [-0.15, -0.1) is 0 Å². The van der Waals surface area contributed by atoms with Crippen molar-refractivity contribution in [3.8, 4) is 0 Å². The van der Waals surface area contributed by atoms with Gasteiger partial charge in [0.2, 0.25) is 5.95 Å². The van der Waals surface area contributed by atoms with Gasteiger partial charge < -0.3 is 10.0 Å². The van der Waals surface area contributed by atoms with Gasteiger partial charge in [0.25, 0.3) is 5.56 Å². The van der Waals surface area contributed by atoms with Crippen molar-refractivity contribution >= 4 is 22.8 Å². The first-order valence-electron chi connectivity index (χ1n) is 8.04. The highest BCUT2D eigenvalue weighted by molar-refractivity contribution is 5.78. The summed E-state index contributed by atoms with van der Waals surface area (Å²) in [4.78, 5) is 30.4. The number of benzene rings is 1. The molecule has 2 rings (SSSR count). The molecule has 0 unspecified atom stereocenters. The third-order valence-corrected chi connectivity index (χ3v) is 3.66. The fraction of sp³-hybridized carbons (Fsp3) is 0.471. The predicted molar refractivity (Wildman–Crippen MR) is 91.1 cm³/mol. The Hall–Kier alpha value is -2.37. The van der Waals surface area contributed by atoms with Gasteiger partial charge in [0.15, 0.2) is 0 Å². The number of para-hydroxylation sites is 1. The largest absolute Gasteiger partial charge is 0.481 e. The molecule has 0 amide bonds. The Kier molecular flexibility index (Phi) is 5.73. The number of anilines is 1. The van der Waals surface area contributed by atoms with E-state index in [1.807, 2.05) is 12.1 Å². The number of carboxylic acids is 1. The molecule has 0 atom stereocenters. The van der Waals surface area contributed by atoms with Crippen LogP contribution in [0, 0.1) is 0 Å². The van der Waals surface area contributed by atoms with Crippen LogP contribution in [0.25, 0.3) is 10.9 Å². The minimum atomic E-state index is -0.923. The Labute approximate surface area is 135 Å². The monoisotopic (exact) mass is 317 g/mol. The Morgan fingerprint density at radius 3 is 2.48 bits per heavy atom. The molecule has 23 heavy (non-hydrogen) atoms. The van der Waals surface area contributed by atoms with Crippen LogP contribution < -0.4 is 10.5 Å². The van der Waals surface area contributed by atoms with Crippen molar-refractivity contribution in [3.63, 3.8) is 0 Å². The number of hydrogen-bond acceptors (Lipinski definition) is 4. The Morgan fingerprint density at radius 1 is 1.22 bits per heavy atom. The topological polar surface area (TPSA) is 75.4 Å². The van der Waals surface area contributed by atoms with Crippen LogP contribution in [0.5, 0.6) is 0 Å². The number of carboxylic acid groups (broad SMARTS) is 1. The van der Waals surface area contributed by atoms with E-state index in [9.17, 15) is 9.59 Å². The van der Waals surface area contributed by atoms with Gasteiger partial charge in [0, 0.05) is 19.6 Å². The average Bonchev–Trinajstić information content (AvgIpc) is 2.53. The van der Waals surface area contributed by atoms with Crippen LogP contribution in [0.15, 0.2) is 29.1 Å². The summed E-state index contributed by atoms with van der Waals surface area (Å²) in [5, 5.41) is 9.49. The standard InChI is InChI=1S/C17H23N3O3/c1-3-10-19(11-4-2)17-18-14-8-6-5-7-13(14)16(23)20(17)12-9-15(21)22/h5-8H,3-4,9-12H2,1-2H3,(H,21,22). The van der Waals surface area contributed by atoms with E-state index in [1.165, 1.54) is 4.57 Å². The van der Waals surface area contributed by atoms with Crippen LogP contribution in [0.1, 0.15) is 33.1 Å². The Bertz CT molecular complexity index is 733. The molecule has 0 radical (unpaired) electrons. The highest BCUT2D eigenvalue weighted by Gasteiger charge is 2.16. The van der Waals surface area contributed by atoms with Gasteiger partial charge in [-0.05, 0) is 25.0 Å². The van der Waals surface area contributed by atoms with Crippen molar-refractivity contribution < 1.29 is 9.90 Å². The molecule has 2 aromatic rings. The summed E-state index contributed by atoms with van der Waals surface area (Å²) in [6, 6.07) is 7.19. The average molecular weight is 317 g/mol. The summed E-state index contributed by atoms with van der Waals surface area (Å²) >= 11 is 0. The van der Waals surface area contributed by atoms with Crippen LogP contribution >= 0.6 is 0 Å². The molecule has 0 aliphatic carbocycles. The second-order valence-corrected chi connectivity index (χ2v) is 5.52. The molecule has 0 bridgehead atoms. The molecular weight excluding hydrogens is 294 g/mol. The molecular formula is C17H23N3O3. The summed E-state index contributed by atoms with van der Waals surface area (Å²) < 4.78 is 1.50. The second-order valence-electron chi connectivity index (χ2n) is 5.52. The maximum Gasteiger partial charge on any atom is 0.305 e. The van der Waals surface area contributed by atoms with E-state index in [0.29, 0.717) is 16.9 Å². The van der Waals surface area contributed by atoms with Crippen molar-refractivity contribution in [2.24, 2.45) is 0 Å². The third-order valence-electron chi connectivity index (χ3n) is 3.66. The fourth-order valence-electron chi connectivity index (χ4n) is 2.66. The van der Waals surface area contributed by atoms with Gasteiger partial charge in [-0.3, -0.25) is 14.2 Å². The minimum Gasteiger partial charge on any atom is -0.481 e. The van der Waals surface area contributed by atoms with E-state index in [4.69, 9.17) is 5.11 Å². The summed E-state index contributed by atoms with van der Waals surface area (Å²) in [7, 11) is 0. The molecule has 0 aliphatic heterocycles. The number of nitrogens with zero attached hydrogens (tertiary/aromatic N) is 3. The van der Waals surface area contributed by atoms with Crippen molar-refractivity contribution in [1.82, 2.24) is 9.55 Å². The van der Waals surface area contributed by atoms with Gasteiger partial charge in [-0.2, -0.15) is 0 Å². The van der Waals surface area contributed by atoms with Crippen LogP contribution in [0.4, 0.5) is 5.95 Å². The molecule has 6 nitrogen and oxygen atoms in total. The zero-order valence-electron chi connectivity index (χ0n) is 13.7. The van der Waals surface area contributed by atoms with Crippen LogP contribution in [-0.4, -0.2) is 33.7 Å². The van der Waals surface area contributed by atoms with E-state index in [1.54, 1.807) is 12.1 Å². The summed E-state index contributed by atoms with van der Waals surface area (Å²) in [5.41, 5.74) is 0.473. The lowest BCUT2D eigenvalue weighted by Gasteiger charge is -2.26. The number of aromatic nitrogens is 2. The SMILES string of the molecule is CCCN(CCC)c1nc2ccccc2c(=O)n1CCC(=O)O. The van der Waals surface area contributed by atoms with Crippen LogP contribution in [-0.2, 0) is 11.3 Å². The molecule has 0 fully saturated rings. The normalized spacial score (nSPS) is 10.9. The molecule has 0 spiro atoms. The summed E-state index contributed by atoms with van der Waals surface area (Å²) in [6.07, 6.45) is 1.77. The van der Waals surface area contributed by atoms with Crippen molar-refractivity contribution in [2.45, 2.75) is 39.7 Å². The van der Waals surface area contributed by atoms with E-state index in [0.717, 1.165) is 25.9 Å². The van der Waals surface area contributed by atoms with Gasteiger partial charge >= 0.3 is 5.97 Å². The minimum absolute atomic E-state index is 0.0982. The number of carbonyl (C=O) groups is 1. The van der Waals surface area contributed by atoms with Gasteiger partial charge in [-0.1, -0.05) is 26.0 Å². The third kappa shape index (κ3) is 3.88. The zero-order valence-corrected chi connectivity index (χ0v) is 13.7. The molecule has 0 aliphatic rings. The summed E-state index contributed by atoms with van der Waals surface area (Å²) in [6.45, 7) is 5.84. The summed E-state index contributed by atoms with van der Waals surface area (Å²) in [5.74, 6) is -0.354. The van der Waals surface area contributed by atoms with E-state index in [2.05, 4.69) is 23.7 Å². The number of aliphatic carboxylic acids is 1. The maximum absolute atomic E-state index is 12.8. The molecule has 6 heteroatoms. The van der Waals surface area contributed by atoms with Gasteiger partial charge in [0.05, 0.1) is 17.3 Å². The molecule has 1 aromatic heterocycles. The lowest BCUT2D eigenvalue weighted by molar-refractivity contribution is -0.137. The fourth-order valence-corrected chi connectivity index (χ4v) is 2.66. The molecule has 124 valence electrons. The molecule has 0 saturated carbocycles. The van der Waals surface area contributed by atoms with E-state index in [-0.39, 0.29) is 18.5 Å². The lowest BCUT2D eigenvalue weighted by Crippen LogP contribution is -2.34. The number of fused-ring (bicyclic) bond motifs is 1. The quantitative estimate of drug-likeness (QED) is 0.809. The van der Waals surface area contributed by atoms with Crippen molar-refractivity contribution in [2.75, 3.05) is 18.0 Å². The number of hydrogen-bond donors (Lipinski definition) is 1. The highest BCUT2D eigenvalue weighted by atomic mass is 16.4. The van der Waals surface area contributed by atoms with E-state index < -0.39 is 5.97 Å². The number of rotatable bonds is 8. The van der Waals surface area contributed by atoms with Crippen LogP contribution in [0.3, 0.4) is 0 Å². The second kappa shape index (κ2) is 7.76. The molecule has 1 N–H and O–H groups in total. The van der Waals surface area contributed by atoms with Gasteiger partial charge in [-0.25, -0.2) is 4.98 Å². The van der Waals surface area contributed by atoms with Crippen LogP contribution in [0.2, 0.25) is 0 Å². The van der Waals surface area contributed by atoms with Crippen molar-refractivity contribution in [3.05, 3.63) is 34.6 Å². The van der Waals surface area contributed by atoms with Crippen molar-refractivity contribution in [1.29, 1.82) is 0 Å². The molecule has 1 heterocycles. The Morgan fingerprint density at radius 2 is 1.87 bits per heavy atom. The lowest BCUT2D eigenvalue weighted by atomic mass is 10.2. The smallest absolute Gasteiger partial charge is 0.305 e. The highest BCUT2D eigenvalue weighted by Crippen LogP contribution is 2.16. The first kappa shape index (κ1) is 17.0. The molecule has 0 saturated heterocycles. The first-order valence-corrected chi connectivity index (χ1v) is 8.04. The van der Waals surface area contributed by atoms with E-state index >= 15 is 0 Å². The van der Waals surface area contributed by atoms with Gasteiger partial charge in [0.1, 0.15) is 0 Å². The zero-order chi connectivity index (χ0) is 16.8. The predicted octanol–water partition coefficient (Wildman–Crippen LogP) is 2.50. The first-order chi connectivity index (χ1) is 11.1. The maximum atomic E-state index is 12.8. The molecule has 1 aromatic carbocycles. The Balaban J connectivity index is 2.60.